The molecule has 0 bridgehead atoms. The lowest BCUT2D eigenvalue weighted by Crippen LogP contribution is -2.30. The van der Waals surface area contributed by atoms with Gasteiger partial charge < -0.3 is 14.8 Å². The van der Waals surface area contributed by atoms with E-state index < -0.39 is 10.0 Å². The lowest BCUT2D eigenvalue weighted by Gasteiger charge is -2.18. The molecule has 0 aliphatic heterocycles. The summed E-state index contributed by atoms with van der Waals surface area (Å²) < 4.78 is 37.5. The fraction of sp³-hybridized carbons (Fsp3) is 0.450. The van der Waals surface area contributed by atoms with Crippen LogP contribution in [0.25, 0.3) is 0 Å². The Kier molecular flexibility index (Phi) is 8.94. The number of nitrogens with one attached hydrogen (secondary N) is 1. The van der Waals surface area contributed by atoms with E-state index in [9.17, 15) is 13.2 Å². The van der Waals surface area contributed by atoms with Gasteiger partial charge >= 0.3 is 0 Å². The Hall–Kier alpha value is -2.10. The van der Waals surface area contributed by atoms with Gasteiger partial charge in [0.25, 0.3) is 15.9 Å². The van der Waals surface area contributed by atoms with Crippen molar-refractivity contribution in [2.75, 3.05) is 37.7 Å². The summed E-state index contributed by atoms with van der Waals surface area (Å²) in [4.78, 5) is 11.8. The van der Waals surface area contributed by atoms with Gasteiger partial charge in [0.2, 0.25) is 0 Å². The first-order valence-electron chi connectivity index (χ1n) is 9.40. The predicted octanol–water partition coefficient (Wildman–Crippen LogP) is 3.13. The number of hydrogen-bond acceptors (Lipinski definition) is 6. The van der Waals surface area contributed by atoms with Gasteiger partial charge in [-0.25, -0.2) is 8.42 Å². The number of hydrogen-bond donors (Lipinski definition) is 1. The van der Waals surface area contributed by atoms with Crippen molar-refractivity contribution in [3.63, 3.8) is 0 Å². The molecule has 1 aromatic carbocycles. The van der Waals surface area contributed by atoms with Crippen molar-refractivity contribution in [1.29, 1.82) is 0 Å². The maximum Gasteiger partial charge on any atom is 0.273 e. The monoisotopic (exact) mass is 440 g/mol. The van der Waals surface area contributed by atoms with E-state index in [1.54, 1.807) is 41.8 Å². The minimum atomic E-state index is -3.57. The SMILES string of the molecule is CC(C)COCCCNC(=O)COc1ccc(N(C)S(=O)(=O)c2cccs2)cc1. The number of ether oxygens (including phenoxy) is 2. The van der Waals surface area contributed by atoms with Crippen molar-refractivity contribution >= 4 is 33.0 Å². The van der Waals surface area contributed by atoms with Crippen LogP contribution in [0.3, 0.4) is 0 Å². The van der Waals surface area contributed by atoms with Gasteiger partial charge in [0.05, 0.1) is 5.69 Å². The van der Waals surface area contributed by atoms with E-state index in [1.165, 1.54) is 22.7 Å². The molecule has 1 N–H and O–H groups in total. The van der Waals surface area contributed by atoms with Crippen LogP contribution in [0.1, 0.15) is 20.3 Å². The average Bonchev–Trinajstić information content (AvgIpc) is 3.24. The fourth-order valence-corrected chi connectivity index (χ4v) is 4.71. The van der Waals surface area contributed by atoms with Gasteiger partial charge in [-0.2, -0.15) is 0 Å². The summed E-state index contributed by atoms with van der Waals surface area (Å²) in [6, 6.07) is 9.84. The van der Waals surface area contributed by atoms with Gasteiger partial charge in [0, 0.05) is 26.8 Å². The van der Waals surface area contributed by atoms with Gasteiger partial charge in [0.1, 0.15) is 9.96 Å². The number of nitrogens with zero attached hydrogens (tertiary/aromatic N) is 1. The molecule has 1 heterocycles. The molecule has 160 valence electrons. The zero-order chi connectivity index (χ0) is 21.3. The molecular formula is C20H28N2O5S2. The summed E-state index contributed by atoms with van der Waals surface area (Å²) in [7, 11) is -2.07. The highest BCUT2D eigenvalue weighted by atomic mass is 32.2. The predicted molar refractivity (Wildman–Crippen MR) is 115 cm³/mol. The quantitative estimate of drug-likeness (QED) is 0.513. The molecule has 2 aromatic rings. The summed E-state index contributed by atoms with van der Waals surface area (Å²) in [5.41, 5.74) is 0.511. The van der Waals surface area contributed by atoms with Gasteiger partial charge in [-0.15, -0.1) is 11.3 Å². The van der Waals surface area contributed by atoms with E-state index in [1.807, 2.05) is 0 Å². The van der Waals surface area contributed by atoms with E-state index in [4.69, 9.17) is 9.47 Å². The minimum Gasteiger partial charge on any atom is -0.484 e. The third-order valence-corrected chi connectivity index (χ3v) is 7.08. The Balaban J connectivity index is 1.75. The molecule has 0 aliphatic rings. The smallest absolute Gasteiger partial charge is 0.273 e. The van der Waals surface area contributed by atoms with Crippen LogP contribution in [0, 0.1) is 5.92 Å². The molecule has 1 aromatic heterocycles. The van der Waals surface area contributed by atoms with Crippen molar-refractivity contribution < 1.29 is 22.7 Å². The van der Waals surface area contributed by atoms with E-state index in [0.29, 0.717) is 30.5 Å². The number of thiophene rings is 1. The fourth-order valence-electron chi connectivity index (χ4n) is 2.36. The topological polar surface area (TPSA) is 84.9 Å². The standard InChI is InChI=1S/C20H28N2O5S2/c1-16(2)14-26-12-5-11-21-19(23)15-27-18-9-7-17(8-10-18)22(3)29(24,25)20-6-4-13-28-20/h4,6-10,13,16H,5,11-12,14-15H2,1-3H3,(H,21,23). The number of carbonyl (C=O) groups is 1. The van der Waals surface area contributed by atoms with Gasteiger partial charge in [0.15, 0.2) is 6.61 Å². The molecule has 0 radical (unpaired) electrons. The van der Waals surface area contributed by atoms with E-state index in [-0.39, 0.29) is 16.7 Å². The van der Waals surface area contributed by atoms with E-state index in [2.05, 4.69) is 19.2 Å². The average molecular weight is 441 g/mol. The minimum absolute atomic E-state index is 0.102. The molecular weight excluding hydrogens is 412 g/mol. The molecule has 0 saturated carbocycles. The van der Waals surface area contributed by atoms with Crippen molar-refractivity contribution in [2.45, 2.75) is 24.5 Å². The van der Waals surface area contributed by atoms with Gasteiger partial charge in [-0.1, -0.05) is 19.9 Å². The number of sulfonamides is 1. The van der Waals surface area contributed by atoms with Crippen LogP contribution in [-0.2, 0) is 19.6 Å². The largest absolute Gasteiger partial charge is 0.484 e. The van der Waals surface area contributed by atoms with E-state index in [0.717, 1.165) is 13.0 Å². The van der Waals surface area contributed by atoms with Crippen LogP contribution in [0.5, 0.6) is 5.75 Å². The number of anilines is 1. The van der Waals surface area contributed by atoms with Crippen molar-refractivity contribution in [1.82, 2.24) is 5.32 Å². The molecule has 2 rings (SSSR count). The second-order valence-electron chi connectivity index (χ2n) is 6.86. The molecule has 0 spiro atoms. The van der Waals surface area contributed by atoms with Crippen LogP contribution in [0.4, 0.5) is 5.69 Å². The maximum atomic E-state index is 12.5. The summed E-state index contributed by atoms with van der Waals surface area (Å²) in [5.74, 6) is 0.779. The second kappa shape index (κ2) is 11.2. The molecule has 29 heavy (non-hydrogen) atoms. The normalized spacial score (nSPS) is 11.4. The highest BCUT2D eigenvalue weighted by Gasteiger charge is 2.22. The third-order valence-electron chi connectivity index (χ3n) is 3.92. The molecule has 9 heteroatoms. The summed E-state index contributed by atoms with van der Waals surface area (Å²) in [6.07, 6.45) is 0.748. The molecule has 0 atom stereocenters. The Morgan fingerprint density at radius 3 is 2.55 bits per heavy atom. The highest BCUT2D eigenvalue weighted by molar-refractivity contribution is 7.94. The summed E-state index contributed by atoms with van der Waals surface area (Å²) in [5, 5.41) is 4.50. The van der Waals surface area contributed by atoms with Crippen LogP contribution < -0.4 is 14.4 Å². The Morgan fingerprint density at radius 1 is 1.21 bits per heavy atom. The van der Waals surface area contributed by atoms with Crippen molar-refractivity contribution in [3.05, 3.63) is 41.8 Å². The molecule has 1 amide bonds. The first-order chi connectivity index (χ1) is 13.8. The number of carbonyl (C=O) groups excluding carboxylic acids is 1. The van der Waals surface area contributed by atoms with E-state index >= 15 is 0 Å². The second-order valence-corrected chi connectivity index (χ2v) is 10.0. The lowest BCUT2D eigenvalue weighted by atomic mass is 10.2. The van der Waals surface area contributed by atoms with Gasteiger partial charge in [-0.3, -0.25) is 9.10 Å². The van der Waals surface area contributed by atoms with Gasteiger partial charge in [-0.05, 0) is 48.1 Å². The summed E-state index contributed by atoms with van der Waals surface area (Å²) in [6.45, 7) is 5.94. The number of benzene rings is 1. The molecule has 0 unspecified atom stereocenters. The number of rotatable bonds is 12. The molecule has 7 nitrogen and oxygen atoms in total. The maximum absolute atomic E-state index is 12.5. The Labute approximate surface area is 176 Å². The molecule has 0 aliphatic carbocycles. The lowest BCUT2D eigenvalue weighted by molar-refractivity contribution is -0.123. The Bertz CT molecular complexity index is 850. The third kappa shape index (κ3) is 7.34. The highest BCUT2D eigenvalue weighted by Crippen LogP contribution is 2.26. The van der Waals surface area contributed by atoms with Crippen LogP contribution in [0.15, 0.2) is 46.0 Å². The Morgan fingerprint density at radius 2 is 1.93 bits per heavy atom. The van der Waals surface area contributed by atoms with Crippen molar-refractivity contribution in [3.8, 4) is 5.75 Å². The molecule has 0 fully saturated rings. The zero-order valence-electron chi connectivity index (χ0n) is 17.0. The van der Waals surface area contributed by atoms with Crippen molar-refractivity contribution in [2.24, 2.45) is 5.92 Å². The first-order valence-corrected chi connectivity index (χ1v) is 11.7. The summed E-state index contributed by atoms with van der Waals surface area (Å²) >= 11 is 1.17. The van der Waals surface area contributed by atoms with Crippen LogP contribution >= 0.6 is 11.3 Å². The zero-order valence-corrected chi connectivity index (χ0v) is 18.6. The van der Waals surface area contributed by atoms with Crippen LogP contribution in [-0.4, -0.2) is 47.7 Å². The first kappa shape index (κ1) is 23.2. The molecule has 0 saturated heterocycles. The number of amides is 1. The van der Waals surface area contributed by atoms with Crippen LogP contribution in [0.2, 0.25) is 0 Å².